The number of carboxylic acids is 3. The van der Waals surface area contributed by atoms with Crippen LogP contribution in [0.4, 0.5) is 0 Å². The molecule has 1 saturated carbocycles. The predicted octanol–water partition coefficient (Wildman–Crippen LogP) is 2.54. The summed E-state index contributed by atoms with van der Waals surface area (Å²) in [4.78, 5) is 36.7. The number of aromatic nitrogens is 1. The third-order valence-electron chi connectivity index (χ3n) is 8.06. The summed E-state index contributed by atoms with van der Waals surface area (Å²) in [5, 5.41) is 39.1. The van der Waals surface area contributed by atoms with Crippen molar-refractivity contribution in [3.05, 3.63) is 35.5 Å². The van der Waals surface area contributed by atoms with Gasteiger partial charge in [-0.3, -0.25) is 9.59 Å². The molecule has 10 heteroatoms. The number of nitrogens with one attached hydrogen (secondary N) is 2. The number of fused-ring (bicyclic) bond motifs is 4. The Morgan fingerprint density at radius 2 is 1.58 bits per heavy atom. The minimum Gasteiger partial charge on any atom is -0.481 e. The number of nitrogens with zero attached hydrogens (tertiary/aromatic N) is 1. The smallest absolute Gasteiger partial charge is 0.336 e. The Balaban J connectivity index is 0.000000240. The van der Waals surface area contributed by atoms with Crippen molar-refractivity contribution in [2.24, 2.45) is 0 Å². The van der Waals surface area contributed by atoms with Crippen LogP contribution in [0.5, 0.6) is 0 Å². The number of H-pyrrole nitrogens is 1. The van der Waals surface area contributed by atoms with Crippen molar-refractivity contribution < 1.29 is 34.8 Å². The fourth-order valence-corrected chi connectivity index (χ4v) is 5.78. The van der Waals surface area contributed by atoms with E-state index >= 15 is 0 Å². The number of aliphatic carboxylic acids is 3. The molecule has 1 fully saturated rings. The standard InChI is InChI=1S/C20H29N3.C6H8O7/c1-4-19(23(2)3)10-12-20(13-11-19)18-16(9-14-21-20)15-7-5-6-8-17(15)22-18;7-3(8)1-6(13,5(11)12)2-4(9)10/h5-8,21-22H,4,9-14H2,1-3H3;13H,1-2H2,(H,7,8)(H,9,10)(H,11,12). The maximum Gasteiger partial charge on any atom is 0.336 e. The Kier molecular flexibility index (Phi) is 8.12. The van der Waals surface area contributed by atoms with Gasteiger partial charge in [-0.2, -0.15) is 0 Å². The highest BCUT2D eigenvalue weighted by Gasteiger charge is 2.46. The summed E-state index contributed by atoms with van der Waals surface area (Å²) in [6, 6.07) is 8.81. The maximum atomic E-state index is 10.3. The fourth-order valence-electron chi connectivity index (χ4n) is 5.78. The van der Waals surface area contributed by atoms with E-state index in [2.05, 4.69) is 60.5 Å². The molecule has 198 valence electrons. The largest absolute Gasteiger partial charge is 0.481 e. The number of aliphatic hydroxyl groups is 1. The van der Waals surface area contributed by atoms with Crippen LogP contribution in [0, 0.1) is 0 Å². The number of carbonyl (C=O) groups is 3. The third kappa shape index (κ3) is 5.40. The second-order valence-electron chi connectivity index (χ2n) is 10.2. The van der Waals surface area contributed by atoms with E-state index in [9.17, 15) is 14.4 Å². The lowest BCUT2D eigenvalue weighted by Crippen LogP contribution is -2.56. The SMILES string of the molecule is CCC1(N(C)C)CCC2(CC1)NCCc1c2[nH]c2ccccc12.O=C(O)CC(O)(CC(=O)O)C(=O)O. The average Bonchev–Trinajstić information content (AvgIpc) is 3.19. The summed E-state index contributed by atoms with van der Waals surface area (Å²) in [5.41, 5.74) is 2.16. The van der Waals surface area contributed by atoms with Crippen molar-refractivity contribution in [1.29, 1.82) is 0 Å². The zero-order chi connectivity index (χ0) is 26.7. The van der Waals surface area contributed by atoms with Crippen molar-refractivity contribution in [3.8, 4) is 0 Å². The molecule has 1 aromatic carbocycles. The van der Waals surface area contributed by atoms with E-state index in [1.165, 1.54) is 48.7 Å². The molecular formula is C26H37N3O7. The first-order valence-corrected chi connectivity index (χ1v) is 12.3. The summed E-state index contributed by atoms with van der Waals surface area (Å²) < 4.78 is 0. The first-order valence-electron chi connectivity index (χ1n) is 12.3. The Morgan fingerprint density at radius 3 is 2.08 bits per heavy atom. The van der Waals surface area contributed by atoms with Crippen LogP contribution >= 0.6 is 0 Å². The summed E-state index contributed by atoms with van der Waals surface area (Å²) in [5.74, 6) is -5.02. The van der Waals surface area contributed by atoms with Gasteiger partial charge in [0, 0.05) is 28.7 Å². The molecule has 0 unspecified atom stereocenters. The lowest BCUT2D eigenvalue weighted by molar-refractivity contribution is -0.170. The molecule has 0 saturated heterocycles. The Morgan fingerprint density at radius 1 is 1.00 bits per heavy atom. The van der Waals surface area contributed by atoms with Gasteiger partial charge < -0.3 is 35.6 Å². The van der Waals surface area contributed by atoms with Crippen LogP contribution in [0.25, 0.3) is 10.9 Å². The van der Waals surface area contributed by atoms with Crippen molar-refractivity contribution in [2.45, 2.75) is 75.0 Å². The highest BCUT2D eigenvalue weighted by atomic mass is 16.4. The summed E-state index contributed by atoms with van der Waals surface area (Å²) >= 11 is 0. The Labute approximate surface area is 210 Å². The molecule has 0 bridgehead atoms. The normalized spacial score (nSPS) is 23.7. The Bertz CT molecular complexity index is 1100. The van der Waals surface area contributed by atoms with Gasteiger partial charge in [-0.1, -0.05) is 25.1 Å². The van der Waals surface area contributed by atoms with Crippen LogP contribution in [0.15, 0.2) is 24.3 Å². The van der Waals surface area contributed by atoms with Gasteiger partial charge in [0.05, 0.1) is 18.4 Å². The molecule has 2 aromatic rings. The van der Waals surface area contributed by atoms with Gasteiger partial charge in [-0.25, -0.2) is 4.79 Å². The van der Waals surface area contributed by atoms with Crippen LogP contribution in [-0.2, 0) is 26.3 Å². The molecule has 1 aliphatic carbocycles. The molecule has 2 aliphatic rings. The first-order chi connectivity index (χ1) is 16.9. The molecule has 36 heavy (non-hydrogen) atoms. The van der Waals surface area contributed by atoms with E-state index in [0.29, 0.717) is 5.54 Å². The summed E-state index contributed by atoms with van der Waals surface area (Å²) in [6.45, 7) is 3.45. The number of aromatic amines is 1. The predicted molar refractivity (Wildman–Crippen MR) is 134 cm³/mol. The molecule has 4 rings (SSSR count). The van der Waals surface area contributed by atoms with Crippen LogP contribution in [0.3, 0.4) is 0 Å². The number of hydrogen-bond donors (Lipinski definition) is 6. The van der Waals surface area contributed by atoms with Gasteiger partial charge in [0.1, 0.15) is 0 Å². The minimum atomic E-state index is -2.74. The van der Waals surface area contributed by atoms with Crippen LogP contribution in [0.2, 0.25) is 0 Å². The van der Waals surface area contributed by atoms with E-state index in [0.717, 1.165) is 13.0 Å². The van der Waals surface area contributed by atoms with Crippen LogP contribution in [-0.4, -0.2) is 80.0 Å². The van der Waals surface area contributed by atoms with Crippen molar-refractivity contribution >= 4 is 28.8 Å². The lowest BCUT2D eigenvalue weighted by atomic mass is 9.67. The van der Waals surface area contributed by atoms with Gasteiger partial charge in [0.15, 0.2) is 5.60 Å². The topological polar surface area (TPSA) is 163 Å². The number of rotatable bonds is 7. The minimum absolute atomic E-state index is 0.168. The zero-order valence-corrected chi connectivity index (χ0v) is 21.1. The highest BCUT2D eigenvalue weighted by Crippen LogP contribution is 2.47. The number of benzene rings is 1. The third-order valence-corrected chi connectivity index (χ3v) is 8.06. The number of hydrogen-bond acceptors (Lipinski definition) is 6. The lowest BCUT2D eigenvalue weighted by Gasteiger charge is -2.51. The van der Waals surface area contributed by atoms with Crippen molar-refractivity contribution in [2.75, 3.05) is 20.6 Å². The highest BCUT2D eigenvalue weighted by molar-refractivity contribution is 5.88. The quantitative estimate of drug-likeness (QED) is 0.333. The van der Waals surface area contributed by atoms with Crippen molar-refractivity contribution in [1.82, 2.24) is 15.2 Å². The van der Waals surface area contributed by atoms with Gasteiger partial charge >= 0.3 is 17.9 Å². The van der Waals surface area contributed by atoms with Gasteiger partial charge in [-0.05, 0) is 64.3 Å². The van der Waals surface area contributed by atoms with Gasteiger partial charge in [0.2, 0.25) is 0 Å². The fraction of sp³-hybridized carbons (Fsp3) is 0.577. The average molecular weight is 504 g/mol. The second kappa shape index (κ2) is 10.6. The molecule has 2 heterocycles. The van der Waals surface area contributed by atoms with E-state index in [-0.39, 0.29) is 5.54 Å². The van der Waals surface area contributed by atoms with Crippen molar-refractivity contribution in [3.63, 3.8) is 0 Å². The molecule has 0 amide bonds. The molecule has 10 nitrogen and oxygen atoms in total. The summed E-state index contributed by atoms with van der Waals surface area (Å²) in [7, 11) is 4.51. The van der Waals surface area contributed by atoms with E-state index in [4.69, 9.17) is 20.4 Å². The zero-order valence-electron chi connectivity index (χ0n) is 21.1. The maximum absolute atomic E-state index is 10.3. The van der Waals surface area contributed by atoms with Gasteiger partial charge in [0.25, 0.3) is 0 Å². The van der Waals surface area contributed by atoms with Gasteiger partial charge in [-0.15, -0.1) is 0 Å². The van der Waals surface area contributed by atoms with E-state index in [1.54, 1.807) is 5.56 Å². The van der Waals surface area contributed by atoms with E-state index < -0.39 is 36.4 Å². The molecular weight excluding hydrogens is 466 g/mol. The van der Waals surface area contributed by atoms with Crippen LogP contribution < -0.4 is 5.32 Å². The molecule has 1 aromatic heterocycles. The van der Waals surface area contributed by atoms with E-state index in [1.807, 2.05) is 0 Å². The second-order valence-corrected chi connectivity index (χ2v) is 10.2. The molecule has 0 radical (unpaired) electrons. The number of para-hydroxylation sites is 1. The number of carboxylic acid groups (broad SMARTS) is 3. The molecule has 1 aliphatic heterocycles. The molecule has 6 N–H and O–H groups in total. The summed E-state index contributed by atoms with van der Waals surface area (Å²) in [6.07, 6.45) is 5.13. The monoisotopic (exact) mass is 503 g/mol. The molecule has 0 atom stereocenters. The Hall–Kier alpha value is -2.95. The van der Waals surface area contributed by atoms with Crippen LogP contribution in [0.1, 0.15) is 63.1 Å². The molecule has 1 spiro atoms. The first kappa shape index (κ1) is 27.6.